The van der Waals surface area contributed by atoms with Crippen LogP contribution in [0.5, 0.6) is 0 Å². The van der Waals surface area contributed by atoms with Crippen molar-refractivity contribution < 1.29 is 0 Å². The molecule has 0 saturated carbocycles. The highest BCUT2D eigenvalue weighted by Crippen LogP contribution is 2.24. The largest absolute Gasteiger partial charge is 0.357 e. The van der Waals surface area contributed by atoms with Gasteiger partial charge in [-0.2, -0.15) is 0 Å². The van der Waals surface area contributed by atoms with Gasteiger partial charge in [-0.1, -0.05) is 23.7 Å². The summed E-state index contributed by atoms with van der Waals surface area (Å²) in [6.07, 6.45) is 1.77. The number of hydrogen-bond acceptors (Lipinski definition) is 4. The molecule has 0 aliphatic heterocycles. The average Bonchev–Trinajstić information content (AvgIpc) is 2.76. The van der Waals surface area contributed by atoms with Crippen molar-refractivity contribution in [3.8, 4) is 17.1 Å². The zero-order valence-electron chi connectivity index (χ0n) is 16.3. The lowest BCUT2D eigenvalue weighted by Gasteiger charge is -2.20. The van der Waals surface area contributed by atoms with E-state index >= 15 is 0 Å². The van der Waals surface area contributed by atoms with Crippen molar-refractivity contribution in [1.29, 1.82) is 0 Å². The van der Waals surface area contributed by atoms with Crippen LogP contribution >= 0.6 is 11.6 Å². The molecule has 0 N–H and O–H groups in total. The molecule has 0 aliphatic carbocycles. The van der Waals surface area contributed by atoms with Gasteiger partial charge in [-0.25, -0.2) is 9.97 Å². The summed E-state index contributed by atoms with van der Waals surface area (Å²) in [4.78, 5) is 24.9. The first-order valence-electron chi connectivity index (χ1n) is 9.61. The Morgan fingerprint density at radius 3 is 2.34 bits per heavy atom. The van der Waals surface area contributed by atoms with E-state index in [1.807, 2.05) is 42.5 Å². The number of rotatable bonds is 5. The number of fused-ring (bicyclic) bond motifs is 1. The number of pyridine rings is 1. The van der Waals surface area contributed by atoms with Crippen LogP contribution in [0.3, 0.4) is 0 Å². The van der Waals surface area contributed by atoms with Crippen LogP contribution in [-0.4, -0.2) is 27.6 Å². The lowest BCUT2D eigenvalue weighted by Crippen LogP contribution is -2.23. The van der Waals surface area contributed by atoms with E-state index in [0.717, 1.165) is 24.5 Å². The van der Waals surface area contributed by atoms with Crippen LogP contribution in [-0.2, 0) is 0 Å². The van der Waals surface area contributed by atoms with Crippen molar-refractivity contribution in [3.63, 3.8) is 0 Å². The maximum absolute atomic E-state index is 13.3. The molecule has 2 aromatic heterocycles. The fourth-order valence-electron chi connectivity index (χ4n) is 3.41. The number of anilines is 1. The third-order valence-corrected chi connectivity index (χ3v) is 5.21. The first-order chi connectivity index (χ1) is 14.1. The normalized spacial score (nSPS) is 11.0. The topological polar surface area (TPSA) is 51.0 Å². The fourth-order valence-corrected chi connectivity index (χ4v) is 3.54. The third kappa shape index (κ3) is 3.61. The smallest absolute Gasteiger partial charge is 0.266 e. The van der Waals surface area contributed by atoms with Crippen molar-refractivity contribution >= 4 is 28.3 Å². The SMILES string of the molecule is CCN(CC)c1ccc(-c2nc3ccccc3c(=O)n2-c2ccc(Cl)cc2)cn1. The Hall–Kier alpha value is -3.18. The van der Waals surface area contributed by atoms with E-state index < -0.39 is 0 Å². The summed E-state index contributed by atoms with van der Waals surface area (Å²) in [5.41, 5.74) is 2.02. The number of benzene rings is 2. The fraction of sp³-hybridized carbons (Fsp3) is 0.174. The van der Waals surface area contributed by atoms with Crippen molar-refractivity contribution in [2.45, 2.75) is 13.8 Å². The van der Waals surface area contributed by atoms with Crippen molar-refractivity contribution in [1.82, 2.24) is 14.5 Å². The van der Waals surface area contributed by atoms with Crippen LogP contribution in [0, 0.1) is 0 Å². The maximum Gasteiger partial charge on any atom is 0.266 e. The molecule has 0 saturated heterocycles. The van der Waals surface area contributed by atoms with Gasteiger partial charge >= 0.3 is 0 Å². The highest BCUT2D eigenvalue weighted by Gasteiger charge is 2.15. The molecule has 2 aromatic carbocycles. The Morgan fingerprint density at radius 1 is 0.966 bits per heavy atom. The van der Waals surface area contributed by atoms with Crippen LogP contribution in [0.2, 0.25) is 5.02 Å². The Labute approximate surface area is 174 Å². The molecular formula is C23H21ClN4O. The first kappa shape index (κ1) is 19.2. The van der Waals surface area contributed by atoms with Gasteiger partial charge in [-0.05, 0) is 62.4 Å². The van der Waals surface area contributed by atoms with Crippen molar-refractivity contribution in [2.75, 3.05) is 18.0 Å². The van der Waals surface area contributed by atoms with Crippen LogP contribution in [0.25, 0.3) is 28.0 Å². The van der Waals surface area contributed by atoms with Crippen molar-refractivity contribution in [3.05, 3.63) is 82.2 Å². The van der Waals surface area contributed by atoms with Gasteiger partial charge in [0.25, 0.3) is 5.56 Å². The Morgan fingerprint density at radius 2 is 1.69 bits per heavy atom. The number of aromatic nitrogens is 3. The molecule has 0 amide bonds. The van der Waals surface area contributed by atoms with Crippen LogP contribution in [0.1, 0.15) is 13.8 Å². The second kappa shape index (κ2) is 8.05. The van der Waals surface area contributed by atoms with Crippen LogP contribution < -0.4 is 10.5 Å². The highest BCUT2D eigenvalue weighted by molar-refractivity contribution is 6.30. The second-order valence-electron chi connectivity index (χ2n) is 6.65. The summed E-state index contributed by atoms with van der Waals surface area (Å²) in [5, 5.41) is 1.18. The van der Waals surface area contributed by atoms with Gasteiger partial charge in [-0.15, -0.1) is 0 Å². The zero-order valence-corrected chi connectivity index (χ0v) is 17.1. The lowest BCUT2D eigenvalue weighted by molar-refractivity contribution is 0.846. The summed E-state index contributed by atoms with van der Waals surface area (Å²) in [5.74, 6) is 1.45. The second-order valence-corrected chi connectivity index (χ2v) is 7.08. The van der Waals surface area contributed by atoms with E-state index in [9.17, 15) is 4.79 Å². The van der Waals surface area contributed by atoms with E-state index in [0.29, 0.717) is 27.4 Å². The van der Waals surface area contributed by atoms with Gasteiger partial charge in [0.1, 0.15) is 11.6 Å². The van der Waals surface area contributed by atoms with E-state index in [1.165, 1.54) is 0 Å². The van der Waals surface area contributed by atoms with E-state index in [-0.39, 0.29) is 5.56 Å². The van der Waals surface area contributed by atoms with Gasteiger partial charge in [0.05, 0.1) is 16.6 Å². The maximum atomic E-state index is 13.3. The quantitative estimate of drug-likeness (QED) is 0.472. The summed E-state index contributed by atoms with van der Waals surface area (Å²) in [6, 6.07) is 18.5. The molecular weight excluding hydrogens is 384 g/mol. The predicted molar refractivity (Wildman–Crippen MR) is 119 cm³/mol. The molecule has 2 heterocycles. The van der Waals surface area contributed by atoms with Crippen LogP contribution in [0.4, 0.5) is 5.82 Å². The minimum atomic E-state index is -0.124. The van der Waals surface area contributed by atoms with E-state index in [4.69, 9.17) is 16.6 Å². The molecule has 4 rings (SSSR count). The molecule has 29 heavy (non-hydrogen) atoms. The Balaban J connectivity index is 1.94. The van der Waals surface area contributed by atoms with Gasteiger partial charge in [0, 0.05) is 29.9 Å². The summed E-state index contributed by atoms with van der Waals surface area (Å²) in [6.45, 7) is 5.96. The molecule has 6 heteroatoms. The summed E-state index contributed by atoms with van der Waals surface area (Å²) < 4.78 is 1.62. The molecule has 0 spiro atoms. The van der Waals surface area contributed by atoms with Gasteiger partial charge in [0.2, 0.25) is 0 Å². The number of nitrogens with zero attached hydrogens (tertiary/aromatic N) is 4. The molecule has 0 atom stereocenters. The number of hydrogen-bond donors (Lipinski definition) is 0. The molecule has 146 valence electrons. The molecule has 0 aliphatic rings. The third-order valence-electron chi connectivity index (χ3n) is 4.95. The minimum Gasteiger partial charge on any atom is -0.357 e. The van der Waals surface area contributed by atoms with E-state index in [1.54, 1.807) is 29.0 Å². The molecule has 4 aromatic rings. The molecule has 0 bridgehead atoms. The number of halogens is 1. The molecule has 0 fully saturated rings. The first-order valence-corrected chi connectivity index (χ1v) is 9.99. The van der Waals surface area contributed by atoms with E-state index in [2.05, 4.69) is 23.7 Å². The minimum absolute atomic E-state index is 0.124. The highest BCUT2D eigenvalue weighted by atomic mass is 35.5. The molecule has 0 unspecified atom stereocenters. The summed E-state index contributed by atoms with van der Waals surface area (Å²) >= 11 is 6.05. The van der Waals surface area contributed by atoms with Gasteiger partial charge in [0.15, 0.2) is 0 Å². The van der Waals surface area contributed by atoms with Gasteiger partial charge in [-0.3, -0.25) is 9.36 Å². The standard InChI is InChI=1S/C23H21ClN4O/c1-3-27(4-2)21-14-9-16(15-25-21)22-26-20-8-6-5-7-19(20)23(29)28(22)18-12-10-17(24)11-13-18/h5-15H,3-4H2,1-2H3. The average molecular weight is 405 g/mol. The number of para-hydroxylation sites is 1. The predicted octanol–water partition coefficient (Wildman–Crippen LogP) is 4.95. The monoisotopic (exact) mass is 404 g/mol. The van der Waals surface area contributed by atoms with Gasteiger partial charge < -0.3 is 4.90 Å². The lowest BCUT2D eigenvalue weighted by atomic mass is 10.2. The zero-order chi connectivity index (χ0) is 20.4. The molecule has 5 nitrogen and oxygen atoms in total. The Kier molecular flexibility index (Phi) is 5.32. The summed E-state index contributed by atoms with van der Waals surface area (Å²) in [7, 11) is 0. The Bertz CT molecular complexity index is 1200. The van der Waals surface area contributed by atoms with Crippen LogP contribution in [0.15, 0.2) is 71.7 Å². The molecule has 0 radical (unpaired) electrons. The van der Waals surface area contributed by atoms with Crippen molar-refractivity contribution in [2.24, 2.45) is 0 Å².